The highest BCUT2D eigenvalue weighted by Crippen LogP contribution is 2.30. The average molecular weight is 313 g/mol. The fourth-order valence-corrected chi connectivity index (χ4v) is 3.68. The van der Waals surface area contributed by atoms with E-state index in [9.17, 15) is 4.79 Å². The van der Waals surface area contributed by atoms with Crippen molar-refractivity contribution in [1.29, 1.82) is 0 Å². The lowest BCUT2D eigenvalue weighted by Crippen LogP contribution is -2.38. The van der Waals surface area contributed by atoms with Crippen LogP contribution in [0.1, 0.15) is 24.6 Å². The van der Waals surface area contributed by atoms with Crippen molar-refractivity contribution in [2.24, 2.45) is 0 Å². The Balaban J connectivity index is 1.68. The molecule has 0 aliphatic carbocycles. The first-order valence-corrected chi connectivity index (χ1v) is 8.47. The number of fused-ring (bicyclic) bond motifs is 1. The molecule has 0 fully saturated rings. The van der Waals surface area contributed by atoms with Gasteiger partial charge in [0.25, 0.3) is 0 Å². The van der Waals surface area contributed by atoms with Crippen LogP contribution in [-0.2, 0) is 17.8 Å². The van der Waals surface area contributed by atoms with Gasteiger partial charge < -0.3 is 4.90 Å². The smallest absolute Gasteiger partial charge is 0.223 e. The molecule has 3 rings (SSSR count). The summed E-state index contributed by atoms with van der Waals surface area (Å²) in [6.45, 7) is 2.82. The van der Waals surface area contributed by atoms with Gasteiger partial charge in [-0.05, 0) is 25.0 Å². The van der Waals surface area contributed by atoms with Crippen molar-refractivity contribution < 1.29 is 4.79 Å². The van der Waals surface area contributed by atoms with Gasteiger partial charge in [-0.3, -0.25) is 14.8 Å². The molecular formula is C17H19N3OS. The number of hydrogen-bond acceptors (Lipinski definition) is 4. The molecule has 1 aromatic heterocycles. The van der Waals surface area contributed by atoms with Crippen LogP contribution in [0.15, 0.2) is 47.8 Å². The monoisotopic (exact) mass is 313 g/mol. The number of carbonyl (C=O) groups excluding carboxylic acids is 1. The Hall–Kier alpha value is -1.88. The van der Waals surface area contributed by atoms with Gasteiger partial charge >= 0.3 is 0 Å². The third-order valence-electron chi connectivity index (χ3n) is 3.86. The van der Waals surface area contributed by atoms with Crippen molar-refractivity contribution in [3.63, 3.8) is 0 Å². The molecule has 1 aliphatic rings. The molecule has 2 aromatic rings. The van der Waals surface area contributed by atoms with Gasteiger partial charge in [-0.15, -0.1) is 11.8 Å². The van der Waals surface area contributed by atoms with Crippen LogP contribution >= 0.6 is 11.8 Å². The van der Waals surface area contributed by atoms with Gasteiger partial charge in [0, 0.05) is 48.2 Å². The fourth-order valence-electron chi connectivity index (χ4n) is 2.59. The number of carbonyl (C=O) groups is 1. The van der Waals surface area contributed by atoms with Gasteiger partial charge in [-0.1, -0.05) is 18.2 Å². The lowest BCUT2D eigenvalue weighted by molar-refractivity contribution is -0.133. The van der Waals surface area contributed by atoms with E-state index in [4.69, 9.17) is 0 Å². The van der Waals surface area contributed by atoms with Crippen LogP contribution in [0.3, 0.4) is 0 Å². The van der Waals surface area contributed by atoms with Gasteiger partial charge in [0.2, 0.25) is 5.91 Å². The second-order valence-corrected chi connectivity index (χ2v) is 6.55. The van der Waals surface area contributed by atoms with Gasteiger partial charge in [0.05, 0.1) is 5.69 Å². The second kappa shape index (κ2) is 6.92. The Kier molecular flexibility index (Phi) is 4.73. The van der Waals surface area contributed by atoms with E-state index >= 15 is 0 Å². The summed E-state index contributed by atoms with van der Waals surface area (Å²) in [6.07, 6.45) is 6.17. The van der Waals surface area contributed by atoms with Crippen LogP contribution < -0.4 is 0 Å². The Bertz CT molecular complexity index is 647. The highest BCUT2D eigenvalue weighted by atomic mass is 32.2. The number of thioether (sulfide) groups is 1. The van der Waals surface area contributed by atoms with Crippen LogP contribution in [0, 0.1) is 0 Å². The minimum atomic E-state index is 0.190. The Morgan fingerprint density at radius 3 is 3.05 bits per heavy atom. The largest absolute Gasteiger partial charge is 0.335 e. The molecule has 0 saturated heterocycles. The van der Waals surface area contributed by atoms with Crippen molar-refractivity contribution in [2.75, 3.05) is 5.75 Å². The highest BCUT2D eigenvalue weighted by Gasteiger charge is 2.24. The normalized spacial score (nSPS) is 17.7. The van der Waals surface area contributed by atoms with Crippen molar-refractivity contribution in [1.82, 2.24) is 14.9 Å². The van der Waals surface area contributed by atoms with Crippen molar-refractivity contribution in [3.8, 4) is 0 Å². The van der Waals surface area contributed by atoms with Gasteiger partial charge in [-0.2, -0.15) is 0 Å². The summed E-state index contributed by atoms with van der Waals surface area (Å²) in [5, 5.41) is 0. The summed E-state index contributed by atoms with van der Waals surface area (Å²) < 4.78 is 0. The average Bonchev–Trinajstić information content (AvgIpc) is 2.73. The van der Waals surface area contributed by atoms with Crippen LogP contribution in [-0.4, -0.2) is 32.6 Å². The van der Waals surface area contributed by atoms with E-state index in [0.717, 1.165) is 11.4 Å². The predicted molar refractivity (Wildman–Crippen MR) is 87.5 cm³/mol. The molecule has 5 heteroatoms. The first-order chi connectivity index (χ1) is 10.7. The van der Waals surface area contributed by atoms with E-state index in [1.165, 1.54) is 10.5 Å². The number of aromatic nitrogens is 2. The summed E-state index contributed by atoms with van der Waals surface area (Å²) in [5.74, 6) is 1.13. The fraction of sp³-hybridized carbons (Fsp3) is 0.353. The van der Waals surface area contributed by atoms with Crippen LogP contribution in [0.5, 0.6) is 0 Å². The number of amides is 1. The first kappa shape index (κ1) is 15.0. The zero-order chi connectivity index (χ0) is 15.4. The minimum Gasteiger partial charge on any atom is -0.335 e. The van der Waals surface area contributed by atoms with Crippen molar-refractivity contribution in [3.05, 3.63) is 54.1 Å². The Morgan fingerprint density at radius 2 is 2.23 bits per heavy atom. The van der Waals surface area contributed by atoms with Gasteiger partial charge in [-0.25, -0.2) is 0 Å². The van der Waals surface area contributed by atoms with E-state index in [0.29, 0.717) is 19.4 Å². The molecule has 0 radical (unpaired) electrons. The molecule has 0 bridgehead atoms. The number of hydrogen-bond donors (Lipinski definition) is 0. The van der Waals surface area contributed by atoms with Crippen LogP contribution in [0.25, 0.3) is 0 Å². The quantitative estimate of drug-likeness (QED) is 0.874. The summed E-state index contributed by atoms with van der Waals surface area (Å²) >= 11 is 1.84. The molecule has 0 spiro atoms. The molecular weight excluding hydrogens is 294 g/mol. The third-order valence-corrected chi connectivity index (χ3v) is 5.22. The summed E-state index contributed by atoms with van der Waals surface area (Å²) in [5.41, 5.74) is 2.11. The number of benzene rings is 1. The topological polar surface area (TPSA) is 46.1 Å². The second-order valence-electron chi connectivity index (χ2n) is 5.49. The lowest BCUT2D eigenvalue weighted by atomic mass is 10.1. The standard InChI is InChI=1S/C17H19N3OS/c1-13-12-22-16-5-3-2-4-14(16)11-20(13)17(21)7-6-15-10-18-8-9-19-15/h2-5,8-10,13H,6-7,11-12H2,1H3. The highest BCUT2D eigenvalue weighted by molar-refractivity contribution is 7.99. The summed E-state index contributed by atoms with van der Waals surface area (Å²) in [7, 11) is 0. The molecule has 1 atom stereocenters. The molecule has 114 valence electrons. The molecule has 4 nitrogen and oxygen atoms in total. The molecule has 0 saturated carbocycles. The maximum Gasteiger partial charge on any atom is 0.223 e. The van der Waals surface area contributed by atoms with E-state index in [1.54, 1.807) is 18.6 Å². The molecule has 22 heavy (non-hydrogen) atoms. The molecule has 1 aromatic carbocycles. The minimum absolute atomic E-state index is 0.190. The zero-order valence-corrected chi connectivity index (χ0v) is 13.4. The molecule has 1 amide bonds. The van der Waals surface area contributed by atoms with Crippen LogP contribution in [0.4, 0.5) is 0 Å². The van der Waals surface area contributed by atoms with E-state index in [-0.39, 0.29) is 11.9 Å². The maximum atomic E-state index is 12.6. The maximum absolute atomic E-state index is 12.6. The van der Waals surface area contributed by atoms with E-state index < -0.39 is 0 Å². The number of rotatable bonds is 3. The first-order valence-electron chi connectivity index (χ1n) is 7.49. The summed E-state index contributed by atoms with van der Waals surface area (Å²) in [6, 6.07) is 8.59. The third kappa shape index (κ3) is 3.47. The molecule has 1 unspecified atom stereocenters. The Labute approximate surface area is 135 Å². The SMILES string of the molecule is CC1CSc2ccccc2CN1C(=O)CCc1cnccn1. The lowest BCUT2D eigenvalue weighted by Gasteiger charge is -2.27. The van der Waals surface area contributed by atoms with Gasteiger partial charge in [0.15, 0.2) is 0 Å². The van der Waals surface area contributed by atoms with E-state index in [2.05, 4.69) is 35.1 Å². The molecule has 1 aliphatic heterocycles. The van der Waals surface area contributed by atoms with E-state index in [1.807, 2.05) is 22.7 Å². The van der Waals surface area contributed by atoms with Crippen LogP contribution in [0.2, 0.25) is 0 Å². The van der Waals surface area contributed by atoms with Crippen molar-refractivity contribution >= 4 is 17.7 Å². The number of nitrogens with zero attached hydrogens (tertiary/aromatic N) is 3. The van der Waals surface area contributed by atoms with Crippen molar-refractivity contribution in [2.45, 2.75) is 37.2 Å². The molecule has 0 N–H and O–H groups in total. The predicted octanol–water partition coefficient (Wildman–Crippen LogP) is 2.93. The molecule has 2 heterocycles. The van der Waals surface area contributed by atoms with Gasteiger partial charge in [0.1, 0.15) is 0 Å². The Morgan fingerprint density at radius 1 is 1.36 bits per heavy atom. The number of aryl methyl sites for hydroxylation is 1. The zero-order valence-electron chi connectivity index (χ0n) is 12.6. The summed E-state index contributed by atoms with van der Waals surface area (Å²) in [4.78, 5) is 24.2.